The Morgan fingerprint density at radius 2 is 1.90 bits per heavy atom. The minimum absolute atomic E-state index is 0.0663. The second kappa shape index (κ2) is 6.17. The molecule has 0 bridgehead atoms. The minimum atomic E-state index is -1.07. The van der Waals surface area contributed by atoms with Crippen LogP contribution >= 0.6 is 0 Å². The van der Waals surface area contributed by atoms with Crippen molar-refractivity contribution in [2.75, 3.05) is 14.2 Å². The molecule has 0 aliphatic carbocycles. The number of imidazole rings is 1. The van der Waals surface area contributed by atoms with Crippen LogP contribution in [-0.2, 0) is 13.7 Å². The molecule has 0 radical (unpaired) electrons. The summed E-state index contributed by atoms with van der Waals surface area (Å²) in [6, 6.07) is 2.78. The summed E-state index contributed by atoms with van der Waals surface area (Å²) in [6.45, 7) is 0.260. The third-order valence-corrected chi connectivity index (χ3v) is 2.99. The van der Waals surface area contributed by atoms with Gasteiger partial charge in [0.1, 0.15) is 6.61 Å². The molecule has 7 nitrogen and oxygen atoms in total. The molecule has 0 saturated carbocycles. The van der Waals surface area contributed by atoms with Gasteiger partial charge in [0, 0.05) is 7.05 Å². The molecular weight excluding hydrogens is 276 g/mol. The van der Waals surface area contributed by atoms with Crippen LogP contribution in [-0.4, -0.2) is 34.8 Å². The number of aryl methyl sites for hydroxylation is 1. The maximum absolute atomic E-state index is 11.1. The van der Waals surface area contributed by atoms with E-state index in [0.29, 0.717) is 17.2 Å². The van der Waals surface area contributed by atoms with Crippen LogP contribution in [0.25, 0.3) is 0 Å². The van der Waals surface area contributed by atoms with Gasteiger partial charge in [0.15, 0.2) is 11.5 Å². The molecule has 112 valence electrons. The summed E-state index contributed by atoms with van der Waals surface area (Å²) in [5.74, 6) is -0.112. The zero-order valence-corrected chi connectivity index (χ0v) is 12.0. The molecule has 0 amide bonds. The van der Waals surface area contributed by atoms with Crippen molar-refractivity contribution in [3.8, 4) is 17.2 Å². The molecule has 7 heteroatoms. The summed E-state index contributed by atoms with van der Waals surface area (Å²) < 4.78 is 17.9. The van der Waals surface area contributed by atoms with E-state index in [1.807, 2.05) is 11.6 Å². The quantitative estimate of drug-likeness (QED) is 0.872. The lowest BCUT2D eigenvalue weighted by Crippen LogP contribution is -2.05. The van der Waals surface area contributed by atoms with E-state index in [2.05, 4.69) is 4.98 Å². The highest BCUT2D eigenvalue weighted by Crippen LogP contribution is 2.39. The molecule has 0 aliphatic rings. The second-order valence-corrected chi connectivity index (χ2v) is 4.30. The summed E-state index contributed by atoms with van der Waals surface area (Å²) >= 11 is 0. The van der Waals surface area contributed by atoms with Crippen LogP contribution in [0.2, 0.25) is 0 Å². The topological polar surface area (TPSA) is 82.8 Å². The fourth-order valence-electron chi connectivity index (χ4n) is 1.82. The van der Waals surface area contributed by atoms with Crippen LogP contribution in [0.15, 0.2) is 24.7 Å². The maximum Gasteiger partial charge on any atom is 0.335 e. The fraction of sp³-hybridized carbons (Fsp3) is 0.286. The van der Waals surface area contributed by atoms with Crippen LogP contribution in [0.4, 0.5) is 0 Å². The van der Waals surface area contributed by atoms with Crippen molar-refractivity contribution in [1.82, 2.24) is 9.55 Å². The van der Waals surface area contributed by atoms with Crippen LogP contribution in [0.5, 0.6) is 17.2 Å². The molecule has 0 aliphatic heterocycles. The number of methoxy groups -OCH3 is 2. The smallest absolute Gasteiger partial charge is 0.335 e. The van der Waals surface area contributed by atoms with Crippen molar-refractivity contribution in [1.29, 1.82) is 0 Å². The van der Waals surface area contributed by atoms with Crippen molar-refractivity contribution in [3.63, 3.8) is 0 Å². The van der Waals surface area contributed by atoms with Gasteiger partial charge in [0.2, 0.25) is 5.75 Å². The number of nitrogens with zero attached hydrogens (tertiary/aromatic N) is 2. The average molecular weight is 292 g/mol. The first kappa shape index (κ1) is 14.7. The van der Waals surface area contributed by atoms with E-state index >= 15 is 0 Å². The molecule has 1 heterocycles. The highest BCUT2D eigenvalue weighted by molar-refractivity contribution is 5.89. The van der Waals surface area contributed by atoms with Crippen molar-refractivity contribution in [2.45, 2.75) is 6.61 Å². The Morgan fingerprint density at radius 3 is 2.33 bits per heavy atom. The predicted molar refractivity (Wildman–Crippen MR) is 74.0 cm³/mol. The van der Waals surface area contributed by atoms with Gasteiger partial charge in [-0.15, -0.1) is 0 Å². The first-order valence-corrected chi connectivity index (χ1v) is 6.14. The first-order chi connectivity index (χ1) is 10.1. The van der Waals surface area contributed by atoms with Gasteiger partial charge >= 0.3 is 5.97 Å². The Hall–Kier alpha value is -2.70. The van der Waals surface area contributed by atoms with Gasteiger partial charge in [-0.1, -0.05) is 0 Å². The summed E-state index contributed by atoms with van der Waals surface area (Å²) in [7, 11) is 4.74. The summed E-state index contributed by atoms with van der Waals surface area (Å²) in [6.07, 6.45) is 3.35. The number of carboxylic acids is 1. The Labute approximate surface area is 121 Å². The van der Waals surface area contributed by atoms with Crippen molar-refractivity contribution >= 4 is 5.97 Å². The van der Waals surface area contributed by atoms with Gasteiger partial charge < -0.3 is 23.9 Å². The minimum Gasteiger partial charge on any atom is -0.493 e. The Kier molecular flexibility index (Phi) is 4.32. The summed E-state index contributed by atoms with van der Waals surface area (Å²) in [4.78, 5) is 15.1. The van der Waals surface area contributed by atoms with Crippen LogP contribution < -0.4 is 14.2 Å². The van der Waals surface area contributed by atoms with Gasteiger partial charge in [0.25, 0.3) is 0 Å². The van der Waals surface area contributed by atoms with E-state index < -0.39 is 5.97 Å². The third-order valence-electron chi connectivity index (χ3n) is 2.99. The highest BCUT2D eigenvalue weighted by Gasteiger charge is 2.17. The molecule has 0 atom stereocenters. The molecule has 2 rings (SSSR count). The van der Waals surface area contributed by atoms with Gasteiger partial charge in [-0.05, 0) is 12.1 Å². The Balaban J connectivity index is 2.33. The number of hydrogen-bond acceptors (Lipinski definition) is 5. The van der Waals surface area contributed by atoms with E-state index in [1.165, 1.54) is 26.4 Å². The van der Waals surface area contributed by atoms with Gasteiger partial charge in [-0.3, -0.25) is 0 Å². The Bertz CT molecular complexity index is 626. The van der Waals surface area contributed by atoms with Crippen LogP contribution in [0.3, 0.4) is 0 Å². The van der Waals surface area contributed by atoms with Crippen LogP contribution in [0, 0.1) is 0 Å². The molecule has 1 N–H and O–H groups in total. The first-order valence-electron chi connectivity index (χ1n) is 6.14. The molecule has 0 saturated heterocycles. The molecule has 0 unspecified atom stereocenters. The SMILES string of the molecule is COc1cc(C(=O)O)cc(OC)c1OCc1cncn1C. The average Bonchev–Trinajstić information content (AvgIpc) is 2.89. The third kappa shape index (κ3) is 3.07. The maximum atomic E-state index is 11.1. The summed E-state index contributed by atoms with van der Waals surface area (Å²) in [5, 5.41) is 9.07. The van der Waals surface area contributed by atoms with E-state index in [1.54, 1.807) is 12.5 Å². The highest BCUT2D eigenvalue weighted by atomic mass is 16.5. The lowest BCUT2D eigenvalue weighted by Gasteiger charge is -2.15. The number of hydrogen-bond donors (Lipinski definition) is 1. The summed E-state index contributed by atoms with van der Waals surface area (Å²) in [5.41, 5.74) is 0.929. The Morgan fingerprint density at radius 1 is 1.29 bits per heavy atom. The normalized spacial score (nSPS) is 10.2. The van der Waals surface area contributed by atoms with Gasteiger partial charge in [-0.2, -0.15) is 0 Å². The number of carbonyl (C=O) groups is 1. The molecule has 21 heavy (non-hydrogen) atoms. The van der Waals surface area contributed by atoms with Crippen LogP contribution in [0.1, 0.15) is 16.1 Å². The number of carboxylic acid groups (broad SMARTS) is 1. The molecule has 0 fully saturated rings. The van der Waals surface area contributed by atoms with E-state index in [9.17, 15) is 4.79 Å². The van der Waals surface area contributed by atoms with E-state index in [4.69, 9.17) is 19.3 Å². The largest absolute Gasteiger partial charge is 0.493 e. The van der Waals surface area contributed by atoms with Crippen molar-refractivity contribution in [2.24, 2.45) is 7.05 Å². The lowest BCUT2D eigenvalue weighted by atomic mass is 10.2. The predicted octanol–water partition coefficient (Wildman–Crippen LogP) is 1.71. The van der Waals surface area contributed by atoms with Gasteiger partial charge in [0.05, 0.1) is 38.0 Å². The molecular formula is C14H16N2O5. The number of rotatable bonds is 6. The fourth-order valence-corrected chi connectivity index (χ4v) is 1.82. The molecule has 1 aromatic heterocycles. The molecule has 0 spiro atoms. The second-order valence-electron chi connectivity index (χ2n) is 4.30. The van der Waals surface area contributed by atoms with Gasteiger partial charge in [-0.25, -0.2) is 9.78 Å². The molecule has 2 aromatic rings. The lowest BCUT2D eigenvalue weighted by molar-refractivity contribution is 0.0696. The number of ether oxygens (including phenoxy) is 3. The van der Waals surface area contributed by atoms with E-state index in [0.717, 1.165) is 5.69 Å². The van der Waals surface area contributed by atoms with Crippen molar-refractivity contribution in [3.05, 3.63) is 35.9 Å². The van der Waals surface area contributed by atoms with E-state index in [-0.39, 0.29) is 12.2 Å². The zero-order valence-electron chi connectivity index (χ0n) is 12.0. The number of benzene rings is 1. The monoisotopic (exact) mass is 292 g/mol. The number of aromatic nitrogens is 2. The molecule has 1 aromatic carbocycles. The standard InChI is InChI=1S/C14H16N2O5/c1-16-8-15-6-10(16)7-21-13-11(19-2)4-9(14(17)18)5-12(13)20-3/h4-6,8H,7H2,1-3H3,(H,17,18). The zero-order chi connectivity index (χ0) is 15.4. The number of aromatic carboxylic acids is 1. The van der Waals surface area contributed by atoms with Crippen molar-refractivity contribution < 1.29 is 24.1 Å².